The molecule has 0 saturated carbocycles. The van der Waals surface area contributed by atoms with Gasteiger partial charge in [-0.2, -0.15) is 0 Å². The van der Waals surface area contributed by atoms with E-state index in [4.69, 9.17) is 0 Å². The van der Waals surface area contributed by atoms with Gasteiger partial charge in [-0.3, -0.25) is 14.4 Å². The summed E-state index contributed by atoms with van der Waals surface area (Å²) >= 11 is 0. The maximum Gasteiger partial charge on any atom is 0.253 e. The van der Waals surface area contributed by atoms with E-state index in [9.17, 15) is 14.4 Å². The van der Waals surface area contributed by atoms with Crippen molar-refractivity contribution in [3.63, 3.8) is 0 Å². The highest BCUT2D eigenvalue weighted by molar-refractivity contribution is 5.96. The molecule has 0 aromatic heterocycles. The van der Waals surface area contributed by atoms with Gasteiger partial charge in [0.15, 0.2) is 0 Å². The van der Waals surface area contributed by atoms with Crippen molar-refractivity contribution in [2.45, 2.75) is 26.2 Å². The number of hydrogen-bond acceptors (Lipinski definition) is 3. The predicted octanol–water partition coefficient (Wildman–Crippen LogP) is 3.06. The molecule has 2 aromatic carbocycles. The Kier molecular flexibility index (Phi) is 5.86. The summed E-state index contributed by atoms with van der Waals surface area (Å²) in [6.45, 7) is 3.08. The molecule has 6 heteroatoms. The van der Waals surface area contributed by atoms with Crippen LogP contribution < -0.4 is 10.6 Å². The summed E-state index contributed by atoms with van der Waals surface area (Å²) in [5, 5.41) is 5.53. The number of hydrogen-bond donors (Lipinski definition) is 2. The summed E-state index contributed by atoms with van der Waals surface area (Å²) in [5.74, 6) is -0.224. The molecule has 1 saturated heterocycles. The minimum absolute atomic E-state index is 0.0460. The van der Waals surface area contributed by atoms with Crippen molar-refractivity contribution in [1.29, 1.82) is 0 Å². The second-order valence-electron chi connectivity index (χ2n) is 6.68. The molecule has 0 bridgehead atoms. The third kappa shape index (κ3) is 5.17. The molecule has 2 N–H and O–H groups in total. The Labute approximate surface area is 158 Å². The lowest BCUT2D eigenvalue weighted by Crippen LogP contribution is -2.27. The molecule has 3 amide bonds. The van der Waals surface area contributed by atoms with Gasteiger partial charge in [-0.25, -0.2) is 0 Å². The fourth-order valence-corrected chi connectivity index (χ4v) is 3.10. The number of rotatable bonds is 5. The molecule has 0 atom stereocenters. The molecule has 0 radical (unpaired) electrons. The molecular formula is C21H23N3O3. The molecule has 0 spiro atoms. The van der Waals surface area contributed by atoms with Crippen LogP contribution in [0.25, 0.3) is 0 Å². The van der Waals surface area contributed by atoms with Crippen molar-refractivity contribution in [3.05, 3.63) is 59.7 Å². The maximum absolute atomic E-state index is 12.3. The first kappa shape index (κ1) is 18.6. The minimum atomic E-state index is -0.138. The van der Waals surface area contributed by atoms with E-state index in [0.29, 0.717) is 16.9 Å². The SMILES string of the molecule is CC(=O)Nc1ccc(CC(=O)Nc2ccc(C(=O)N3CCCC3)cc2)cc1. The normalized spacial score (nSPS) is 13.3. The summed E-state index contributed by atoms with van der Waals surface area (Å²) < 4.78 is 0. The minimum Gasteiger partial charge on any atom is -0.339 e. The number of nitrogens with zero attached hydrogens (tertiary/aromatic N) is 1. The van der Waals surface area contributed by atoms with E-state index in [-0.39, 0.29) is 24.1 Å². The van der Waals surface area contributed by atoms with Crippen LogP contribution in [-0.4, -0.2) is 35.7 Å². The summed E-state index contributed by atoms with van der Waals surface area (Å²) in [4.78, 5) is 37.4. The average Bonchev–Trinajstić information content (AvgIpc) is 3.18. The van der Waals surface area contributed by atoms with Gasteiger partial charge in [-0.05, 0) is 54.8 Å². The highest BCUT2D eigenvalue weighted by Crippen LogP contribution is 2.16. The van der Waals surface area contributed by atoms with Crippen molar-refractivity contribution in [1.82, 2.24) is 4.90 Å². The zero-order valence-electron chi connectivity index (χ0n) is 15.3. The van der Waals surface area contributed by atoms with Gasteiger partial charge in [0.2, 0.25) is 11.8 Å². The standard InChI is InChI=1S/C21H23N3O3/c1-15(25)22-18-8-4-16(5-9-18)14-20(26)23-19-10-6-17(7-11-19)21(27)24-12-2-3-13-24/h4-11H,2-3,12-14H2,1H3,(H,22,25)(H,23,26). The predicted molar refractivity (Wildman–Crippen MR) is 105 cm³/mol. The maximum atomic E-state index is 12.3. The Morgan fingerprint density at radius 1 is 0.852 bits per heavy atom. The van der Waals surface area contributed by atoms with Crippen LogP contribution in [-0.2, 0) is 16.0 Å². The van der Waals surface area contributed by atoms with Crippen molar-refractivity contribution in [2.75, 3.05) is 23.7 Å². The first-order valence-electron chi connectivity index (χ1n) is 9.07. The first-order valence-corrected chi connectivity index (χ1v) is 9.07. The van der Waals surface area contributed by atoms with E-state index in [1.165, 1.54) is 6.92 Å². The van der Waals surface area contributed by atoms with Crippen LogP contribution >= 0.6 is 0 Å². The number of carbonyl (C=O) groups is 3. The number of amides is 3. The highest BCUT2D eigenvalue weighted by Gasteiger charge is 2.19. The van der Waals surface area contributed by atoms with E-state index in [2.05, 4.69) is 10.6 Å². The van der Waals surface area contributed by atoms with E-state index >= 15 is 0 Å². The van der Waals surface area contributed by atoms with Crippen molar-refractivity contribution < 1.29 is 14.4 Å². The van der Waals surface area contributed by atoms with Crippen LogP contribution in [0.15, 0.2) is 48.5 Å². The van der Waals surface area contributed by atoms with Gasteiger partial charge < -0.3 is 15.5 Å². The van der Waals surface area contributed by atoms with E-state index in [0.717, 1.165) is 31.5 Å². The molecular weight excluding hydrogens is 342 g/mol. The van der Waals surface area contributed by atoms with Crippen molar-refractivity contribution >= 4 is 29.1 Å². The third-order valence-corrected chi connectivity index (χ3v) is 4.45. The quantitative estimate of drug-likeness (QED) is 0.855. The number of likely N-dealkylation sites (tertiary alicyclic amines) is 1. The van der Waals surface area contributed by atoms with Gasteiger partial charge in [0.1, 0.15) is 0 Å². The van der Waals surface area contributed by atoms with Crippen LogP contribution in [0, 0.1) is 0 Å². The van der Waals surface area contributed by atoms with E-state index in [1.807, 2.05) is 17.0 Å². The van der Waals surface area contributed by atoms with Gasteiger partial charge in [0.25, 0.3) is 5.91 Å². The molecule has 3 rings (SSSR count). The summed E-state index contributed by atoms with van der Waals surface area (Å²) in [5.41, 5.74) is 2.85. The number of anilines is 2. The molecule has 1 aliphatic rings. The fourth-order valence-electron chi connectivity index (χ4n) is 3.10. The Hall–Kier alpha value is -3.15. The van der Waals surface area contributed by atoms with Gasteiger partial charge in [-0.15, -0.1) is 0 Å². The number of nitrogens with one attached hydrogen (secondary N) is 2. The lowest BCUT2D eigenvalue weighted by Gasteiger charge is -2.15. The van der Waals surface area contributed by atoms with Crippen LogP contribution in [0.1, 0.15) is 35.7 Å². The van der Waals surface area contributed by atoms with Crippen LogP contribution in [0.5, 0.6) is 0 Å². The lowest BCUT2D eigenvalue weighted by atomic mass is 10.1. The Morgan fingerprint density at radius 3 is 2.00 bits per heavy atom. The highest BCUT2D eigenvalue weighted by atomic mass is 16.2. The smallest absolute Gasteiger partial charge is 0.253 e. The second kappa shape index (κ2) is 8.49. The Balaban J connectivity index is 1.54. The molecule has 0 aliphatic carbocycles. The first-order chi connectivity index (χ1) is 13.0. The van der Waals surface area contributed by atoms with Crippen molar-refractivity contribution in [2.24, 2.45) is 0 Å². The lowest BCUT2D eigenvalue weighted by molar-refractivity contribution is -0.116. The average molecular weight is 365 g/mol. The summed E-state index contributed by atoms with van der Waals surface area (Å²) in [6.07, 6.45) is 2.35. The molecule has 2 aromatic rings. The van der Waals surface area contributed by atoms with E-state index in [1.54, 1.807) is 36.4 Å². The second-order valence-corrected chi connectivity index (χ2v) is 6.68. The zero-order chi connectivity index (χ0) is 19.2. The monoisotopic (exact) mass is 365 g/mol. The molecule has 6 nitrogen and oxygen atoms in total. The molecule has 1 fully saturated rings. The largest absolute Gasteiger partial charge is 0.339 e. The Bertz CT molecular complexity index is 823. The molecule has 0 unspecified atom stereocenters. The van der Waals surface area contributed by atoms with Gasteiger partial charge in [-0.1, -0.05) is 12.1 Å². The Morgan fingerprint density at radius 2 is 1.41 bits per heavy atom. The van der Waals surface area contributed by atoms with Crippen LogP contribution in [0.2, 0.25) is 0 Å². The zero-order valence-corrected chi connectivity index (χ0v) is 15.3. The molecule has 1 aliphatic heterocycles. The molecule has 1 heterocycles. The summed E-state index contributed by atoms with van der Waals surface area (Å²) in [6, 6.07) is 14.1. The van der Waals surface area contributed by atoms with Crippen molar-refractivity contribution in [3.8, 4) is 0 Å². The molecule has 27 heavy (non-hydrogen) atoms. The topological polar surface area (TPSA) is 78.5 Å². The fraction of sp³-hybridized carbons (Fsp3) is 0.286. The van der Waals surface area contributed by atoms with Gasteiger partial charge >= 0.3 is 0 Å². The molecule has 140 valence electrons. The van der Waals surface area contributed by atoms with Crippen LogP contribution in [0.4, 0.5) is 11.4 Å². The van der Waals surface area contributed by atoms with Gasteiger partial charge in [0, 0.05) is 37.0 Å². The number of benzene rings is 2. The third-order valence-electron chi connectivity index (χ3n) is 4.45. The number of carbonyl (C=O) groups excluding carboxylic acids is 3. The van der Waals surface area contributed by atoms with Gasteiger partial charge in [0.05, 0.1) is 6.42 Å². The summed E-state index contributed by atoms with van der Waals surface area (Å²) in [7, 11) is 0. The van der Waals surface area contributed by atoms with Crippen LogP contribution in [0.3, 0.4) is 0 Å². The van der Waals surface area contributed by atoms with E-state index < -0.39 is 0 Å².